The van der Waals surface area contributed by atoms with Crippen molar-refractivity contribution in [2.24, 2.45) is 0 Å². The summed E-state index contributed by atoms with van der Waals surface area (Å²) in [6.45, 7) is 7.14. The third kappa shape index (κ3) is 5.31. The van der Waals surface area contributed by atoms with Crippen molar-refractivity contribution >= 4 is 8.07 Å². The second-order valence-electron chi connectivity index (χ2n) is 5.20. The monoisotopic (exact) mass is 232 g/mol. The summed E-state index contributed by atoms with van der Waals surface area (Å²) in [4.78, 5) is 0. The third-order valence-corrected chi connectivity index (χ3v) is 5.25. The smallest absolute Gasteiger partial charge is 0.0756 e. The molecule has 0 saturated heterocycles. The van der Waals surface area contributed by atoms with E-state index in [1.54, 1.807) is 0 Å². The summed E-state index contributed by atoms with van der Waals surface area (Å²) in [7, 11) is -1.17. The molecule has 1 aromatic rings. The Labute approximate surface area is 101 Å². The van der Waals surface area contributed by atoms with Crippen LogP contribution in [-0.2, 0) is 6.04 Å². The molecule has 0 saturated carbocycles. The number of benzene rings is 1. The van der Waals surface area contributed by atoms with Gasteiger partial charge in [0, 0.05) is 0 Å². The average molecular weight is 232 g/mol. The fourth-order valence-corrected chi connectivity index (χ4v) is 4.12. The van der Waals surface area contributed by atoms with Gasteiger partial charge in [-0.15, -0.1) is 0 Å². The van der Waals surface area contributed by atoms with Crippen LogP contribution < -0.4 is 0 Å². The Morgan fingerprint density at radius 3 is 2.44 bits per heavy atom. The van der Waals surface area contributed by atoms with Gasteiger partial charge in [0.2, 0.25) is 0 Å². The summed E-state index contributed by atoms with van der Waals surface area (Å²) >= 11 is 0. The van der Waals surface area contributed by atoms with E-state index in [1.807, 2.05) is 0 Å². The molecule has 0 spiro atoms. The van der Waals surface area contributed by atoms with Gasteiger partial charge in [-0.1, -0.05) is 80.5 Å². The third-order valence-electron chi connectivity index (χ3n) is 2.80. The second-order valence-corrected chi connectivity index (χ2v) is 9.86. The van der Waals surface area contributed by atoms with E-state index in [0.717, 1.165) is 0 Å². The maximum atomic E-state index is 2.51. The van der Waals surface area contributed by atoms with Crippen molar-refractivity contribution in [2.45, 2.75) is 45.3 Å². The van der Waals surface area contributed by atoms with Crippen molar-refractivity contribution in [1.29, 1.82) is 0 Å². The quantitative estimate of drug-likeness (QED) is 0.490. The summed E-state index contributed by atoms with van der Waals surface area (Å²) < 4.78 is 0. The maximum Gasteiger partial charge on any atom is 0.0756 e. The fraction of sp³-hybridized carbons (Fsp3) is 0.467. The Morgan fingerprint density at radius 2 is 1.81 bits per heavy atom. The maximum absolute atomic E-state index is 2.51. The first-order valence-electron chi connectivity index (χ1n) is 6.36. The van der Waals surface area contributed by atoms with E-state index < -0.39 is 8.07 Å². The molecule has 0 amide bonds. The average Bonchev–Trinajstić information content (AvgIpc) is 2.25. The molecule has 0 radical (unpaired) electrons. The molecule has 1 heteroatoms. The minimum atomic E-state index is -1.17. The molecule has 0 heterocycles. The minimum absolute atomic E-state index is 1.17. The molecule has 0 aromatic heterocycles. The van der Waals surface area contributed by atoms with Gasteiger partial charge in [0.05, 0.1) is 8.07 Å². The lowest BCUT2D eigenvalue weighted by Crippen LogP contribution is -2.26. The van der Waals surface area contributed by atoms with Crippen LogP contribution in [0.4, 0.5) is 0 Å². The van der Waals surface area contributed by atoms with Crippen LogP contribution in [0.1, 0.15) is 31.7 Å². The van der Waals surface area contributed by atoms with Crippen LogP contribution in [0.25, 0.3) is 0 Å². The first-order chi connectivity index (χ1) is 7.64. The summed E-state index contributed by atoms with van der Waals surface area (Å²) in [5, 5.41) is 0. The number of unbranched alkanes of at least 4 members (excludes halogenated alkanes) is 2. The van der Waals surface area contributed by atoms with Gasteiger partial charge in [0.25, 0.3) is 0 Å². The number of hydrogen-bond donors (Lipinski definition) is 0. The van der Waals surface area contributed by atoms with E-state index in [-0.39, 0.29) is 0 Å². The lowest BCUT2D eigenvalue weighted by atomic mass is 10.2. The van der Waals surface area contributed by atoms with Crippen molar-refractivity contribution in [3.63, 3.8) is 0 Å². The van der Waals surface area contributed by atoms with Crippen LogP contribution in [0.5, 0.6) is 0 Å². The fourth-order valence-electron chi connectivity index (χ4n) is 1.91. The molecule has 1 rings (SSSR count). The van der Waals surface area contributed by atoms with Gasteiger partial charge in [-0.3, -0.25) is 0 Å². The van der Waals surface area contributed by atoms with Crippen LogP contribution in [0.2, 0.25) is 13.1 Å². The Morgan fingerprint density at radius 1 is 1.12 bits per heavy atom. The molecule has 0 unspecified atom stereocenters. The van der Waals surface area contributed by atoms with E-state index in [0.29, 0.717) is 0 Å². The van der Waals surface area contributed by atoms with Gasteiger partial charge < -0.3 is 0 Å². The molecular weight excluding hydrogens is 208 g/mol. The summed E-state index contributed by atoms with van der Waals surface area (Å²) in [6, 6.07) is 12.1. The van der Waals surface area contributed by atoms with Crippen LogP contribution in [0.15, 0.2) is 42.1 Å². The standard InChI is InChI=1S/C15H24Si/c1-4-5-6-10-13-16(2,3)14-15-11-8-7-9-12-15/h7-13H,4-6,14H2,1-3H3/b13-10-. The molecule has 0 nitrogen and oxygen atoms in total. The molecule has 0 fully saturated rings. The number of rotatable bonds is 6. The first-order valence-corrected chi connectivity index (χ1v) is 9.64. The minimum Gasteiger partial charge on any atom is -0.0983 e. The van der Waals surface area contributed by atoms with Crippen molar-refractivity contribution in [2.75, 3.05) is 0 Å². The van der Waals surface area contributed by atoms with E-state index in [2.05, 4.69) is 62.1 Å². The van der Waals surface area contributed by atoms with Crippen LogP contribution in [0, 0.1) is 0 Å². The highest BCUT2D eigenvalue weighted by molar-refractivity contribution is 6.81. The summed E-state index contributed by atoms with van der Waals surface area (Å²) in [5.74, 6) is 0. The molecule has 0 N–H and O–H groups in total. The first kappa shape index (κ1) is 13.2. The van der Waals surface area contributed by atoms with Gasteiger partial charge in [0.15, 0.2) is 0 Å². The topological polar surface area (TPSA) is 0 Å². The van der Waals surface area contributed by atoms with E-state index >= 15 is 0 Å². The number of allylic oxidation sites excluding steroid dienone is 1. The lowest BCUT2D eigenvalue weighted by molar-refractivity contribution is 0.815. The van der Waals surface area contributed by atoms with Crippen molar-refractivity contribution < 1.29 is 0 Å². The molecule has 0 aliphatic carbocycles. The molecule has 16 heavy (non-hydrogen) atoms. The summed E-state index contributed by atoms with van der Waals surface area (Å²) in [5.41, 5.74) is 4.00. The lowest BCUT2D eigenvalue weighted by Gasteiger charge is -2.17. The molecule has 88 valence electrons. The summed E-state index contributed by atoms with van der Waals surface area (Å²) in [6.07, 6.45) is 6.28. The Bertz CT molecular complexity index is 311. The van der Waals surface area contributed by atoms with Gasteiger partial charge in [0.1, 0.15) is 0 Å². The highest BCUT2D eigenvalue weighted by Gasteiger charge is 2.16. The highest BCUT2D eigenvalue weighted by atomic mass is 28.3. The van der Waals surface area contributed by atoms with Gasteiger partial charge >= 0.3 is 0 Å². The van der Waals surface area contributed by atoms with Crippen molar-refractivity contribution in [3.05, 3.63) is 47.7 Å². The molecule has 0 atom stereocenters. The second kappa shape index (κ2) is 6.69. The zero-order valence-corrected chi connectivity index (χ0v) is 11.9. The van der Waals surface area contributed by atoms with Crippen molar-refractivity contribution in [1.82, 2.24) is 0 Å². The SMILES string of the molecule is CCCC/C=C\[Si](C)(C)Cc1ccccc1. The highest BCUT2D eigenvalue weighted by Crippen LogP contribution is 2.13. The molecule has 0 aliphatic rings. The predicted octanol–water partition coefficient (Wildman–Crippen LogP) is 4.76. The molecule has 1 aromatic carbocycles. The van der Waals surface area contributed by atoms with E-state index in [1.165, 1.54) is 30.9 Å². The van der Waals surface area contributed by atoms with Crippen molar-refractivity contribution in [3.8, 4) is 0 Å². The predicted molar refractivity (Wildman–Crippen MR) is 76.3 cm³/mol. The largest absolute Gasteiger partial charge is 0.0983 e. The van der Waals surface area contributed by atoms with Gasteiger partial charge in [-0.2, -0.15) is 0 Å². The zero-order chi connectivity index (χ0) is 11.9. The molecule has 0 bridgehead atoms. The zero-order valence-electron chi connectivity index (χ0n) is 10.9. The van der Waals surface area contributed by atoms with Crippen LogP contribution >= 0.6 is 0 Å². The Hall–Kier alpha value is -0.823. The normalized spacial score (nSPS) is 12.2. The van der Waals surface area contributed by atoms with Gasteiger partial charge in [-0.25, -0.2) is 0 Å². The molecule has 0 aliphatic heterocycles. The van der Waals surface area contributed by atoms with Crippen LogP contribution in [0.3, 0.4) is 0 Å². The van der Waals surface area contributed by atoms with E-state index in [9.17, 15) is 0 Å². The van der Waals surface area contributed by atoms with Gasteiger partial charge in [-0.05, 0) is 12.5 Å². The van der Waals surface area contributed by atoms with E-state index in [4.69, 9.17) is 0 Å². The Kier molecular flexibility index (Phi) is 5.54. The Balaban J connectivity index is 2.48. The number of hydrogen-bond acceptors (Lipinski definition) is 0. The van der Waals surface area contributed by atoms with Crippen LogP contribution in [-0.4, -0.2) is 8.07 Å². The molecular formula is C15H24Si.